The third kappa shape index (κ3) is 3.74. The maximum atomic E-state index is 15.2. The Morgan fingerprint density at radius 3 is 2.30 bits per heavy atom. The highest BCUT2D eigenvalue weighted by molar-refractivity contribution is 4.98. The lowest BCUT2D eigenvalue weighted by Gasteiger charge is -2.34. The first-order valence-corrected chi connectivity index (χ1v) is 8.01. The number of nitrogens with zero attached hydrogens (tertiary/aromatic N) is 1. The van der Waals surface area contributed by atoms with Crippen LogP contribution in [0.15, 0.2) is 21.9 Å². The highest BCUT2D eigenvalue weighted by atomic mass is 19.1. The lowest BCUT2D eigenvalue weighted by molar-refractivity contribution is -0.0416. The van der Waals surface area contributed by atoms with E-state index >= 15 is 4.39 Å². The zero-order valence-electron chi connectivity index (χ0n) is 14.7. The van der Waals surface area contributed by atoms with E-state index in [1.807, 2.05) is 20.8 Å². The fourth-order valence-electron chi connectivity index (χ4n) is 3.41. The highest BCUT2D eigenvalue weighted by Crippen LogP contribution is 2.47. The van der Waals surface area contributed by atoms with Crippen LogP contribution < -0.4 is 11.2 Å². The average Bonchev–Trinajstić information content (AvgIpc) is 2.63. The molecule has 0 saturated carbocycles. The van der Waals surface area contributed by atoms with Crippen LogP contribution in [0.5, 0.6) is 0 Å². The number of alkyl halides is 1. The summed E-state index contributed by atoms with van der Waals surface area (Å²) in [5, 5.41) is 0. The van der Waals surface area contributed by atoms with Crippen LogP contribution in [0.2, 0.25) is 0 Å². The molecule has 2 heterocycles. The molecular weight excluding hydrogens is 299 g/mol. The average molecular weight is 326 g/mol. The molecule has 6 heteroatoms. The van der Waals surface area contributed by atoms with Gasteiger partial charge in [-0.05, 0) is 17.3 Å². The zero-order valence-corrected chi connectivity index (χ0v) is 14.7. The Morgan fingerprint density at radius 2 is 1.83 bits per heavy atom. The van der Waals surface area contributed by atoms with Gasteiger partial charge in [-0.25, -0.2) is 13.8 Å². The molecular formula is C17H27FN2O3. The Labute approximate surface area is 135 Å². The van der Waals surface area contributed by atoms with Gasteiger partial charge < -0.3 is 9.72 Å². The lowest BCUT2D eigenvalue weighted by atomic mass is 9.72. The molecule has 0 aliphatic carbocycles. The summed E-state index contributed by atoms with van der Waals surface area (Å²) >= 11 is 0. The molecule has 1 saturated heterocycles. The van der Waals surface area contributed by atoms with Crippen LogP contribution in [0.3, 0.4) is 0 Å². The molecule has 1 unspecified atom stereocenters. The monoisotopic (exact) mass is 326 g/mol. The number of rotatable bonds is 2. The molecule has 23 heavy (non-hydrogen) atoms. The third-order valence-corrected chi connectivity index (χ3v) is 4.29. The summed E-state index contributed by atoms with van der Waals surface area (Å²) in [5.74, 6) is -0.391. The fraction of sp³-hybridized carbons (Fsp3) is 0.765. The summed E-state index contributed by atoms with van der Waals surface area (Å²) in [4.78, 5) is 26.4. The van der Waals surface area contributed by atoms with Crippen molar-refractivity contribution in [3.05, 3.63) is 33.1 Å². The normalized spacial score (nSPS) is 29.0. The number of H-pyrrole nitrogens is 1. The summed E-state index contributed by atoms with van der Waals surface area (Å²) in [6, 6.07) is 1.21. The van der Waals surface area contributed by atoms with Gasteiger partial charge in [-0.1, -0.05) is 41.5 Å². The topological polar surface area (TPSA) is 64.1 Å². The SMILES string of the molecule is CC(C)(C)C[C@H]1O[C@@H](n2c(=O)cc[nH]c2=O)[C@@H](F)C1C(C)(C)C. The van der Waals surface area contributed by atoms with Crippen LogP contribution >= 0.6 is 0 Å². The molecule has 2 rings (SSSR count). The quantitative estimate of drug-likeness (QED) is 0.909. The molecule has 1 aromatic heterocycles. The molecule has 0 spiro atoms. The Kier molecular flexibility index (Phi) is 4.59. The second-order valence-electron chi connectivity index (χ2n) is 8.66. The number of hydrogen-bond acceptors (Lipinski definition) is 3. The van der Waals surface area contributed by atoms with E-state index in [9.17, 15) is 9.59 Å². The minimum Gasteiger partial charge on any atom is -0.351 e. The minimum absolute atomic E-state index is 0.0448. The van der Waals surface area contributed by atoms with Crippen molar-refractivity contribution < 1.29 is 9.13 Å². The van der Waals surface area contributed by atoms with Crippen LogP contribution in [-0.2, 0) is 4.74 Å². The number of nitrogens with one attached hydrogen (secondary N) is 1. The molecule has 130 valence electrons. The van der Waals surface area contributed by atoms with E-state index in [1.54, 1.807) is 0 Å². The van der Waals surface area contributed by atoms with Crippen molar-refractivity contribution in [1.82, 2.24) is 9.55 Å². The maximum absolute atomic E-state index is 15.2. The second-order valence-corrected chi connectivity index (χ2v) is 8.66. The number of aromatic nitrogens is 2. The molecule has 4 atom stereocenters. The number of hydrogen-bond donors (Lipinski definition) is 1. The predicted molar refractivity (Wildman–Crippen MR) is 87.1 cm³/mol. The molecule has 0 aromatic carbocycles. The van der Waals surface area contributed by atoms with E-state index in [0.717, 1.165) is 4.57 Å². The van der Waals surface area contributed by atoms with Crippen molar-refractivity contribution in [2.45, 2.75) is 66.5 Å². The zero-order chi connectivity index (χ0) is 17.6. The van der Waals surface area contributed by atoms with E-state index in [-0.39, 0.29) is 16.9 Å². The first-order chi connectivity index (χ1) is 10.4. The van der Waals surface area contributed by atoms with E-state index in [2.05, 4.69) is 25.8 Å². The molecule has 1 aromatic rings. The minimum atomic E-state index is -1.41. The molecule has 0 radical (unpaired) electrons. The van der Waals surface area contributed by atoms with Crippen LogP contribution in [0.4, 0.5) is 4.39 Å². The van der Waals surface area contributed by atoms with E-state index in [4.69, 9.17) is 4.74 Å². The Hall–Kier alpha value is -1.43. The van der Waals surface area contributed by atoms with Crippen molar-refractivity contribution in [1.29, 1.82) is 0 Å². The molecule has 5 nitrogen and oxygen atoms in total. The van der Waals surface area contributed by atoms with Gasteiger partial charge in [-0.3, -0.25) is 4.79 Å². The van der Waals surface area contributed by atoms with Gasteiger partial charge in [0.2, 0.25) is 0 Å². The van der Waals surface area contributed by atoms with Crippen molar-refractivity contribution in [2.24, 2.45) is 16.7 Å². The van der Waals surface area contributed by atoms with Gasteiger partial charge in [0.05, 0.1) is 6.10 Å². The molecule has 0 amide bonds. The van der Waals surface area contributed by atoms with Gasteiger partial charge in [-0.2, -0.15) is 0 Å². The summed E-state index contributed by atoms with van der Waals surface area (Å²) in [6.45, 7) is 12.1. The highest BCUT2D eigenvalue weighted by Gasteiger charge is 2.52. The molecule has 1 aliphatic heterocycles. The van der Waals surface area contributed by atoms with E-state index in [0.29, 0.717) is 6.42 Å². The summed E-state index contributed by atoms with van der Waals surface area (Å²) in [6.07, 6.45) is -1.02. The Morgan fingerprint density at radius 1 is 1.22 bits per heavy atom. The second kappa shape index (κ2) is 5.89. The maximum Gasteiger partial charge on any atom is 0.330 e. The fourth-order valence-corrected chi connectivity index (χ4v) is 3.41. The van der Waals surface area contributed by atoms with Crippen molar-refractivity contribution in [3.8, 4) is 0 Å². The predicted octanol–water partition coefficient (Wildman–Crippen LogP) is 2.87. The summed E-state index contributed by atoms with van der Waals surface area (Å²) in [5.41, 5.74) is -1.58. The molecule has 0 bridgehead atoms. The van der Waals surface area contributed by atoms with Gasteiger partial charge in [0, 0.05) is 18.2 Å². The summed E-state index contributed by atoms with van der Waals surface area (Å²) < 4.78 is 21.9. The van der Waals surface area contributed by atoms with Crippen molar-refractivity contribution in [3.63, 3.8) is 0 Å². The van der Waals surface area contributed by atoms with Gasteiger partial charge in [0.1, 0.15) is 0 Å². The van der Waals surface area contributed by atoms with Crippen LogP contribution in [0.1, 0.15) is 54.2 Å². The number of halogens is 1. The van der Waals surface area contributed by atoms with Gasteiger partial charge in [0.25, 0.3) is 5.56 Å². The smallest absolute Gasteiger partial charge is 0.330 e. The molecule has 1 aliphatic rings. The van der Waals surface area contributed by atoms with E-state index < -0.39 is 29.6 Å². The van der Waals surface area contributed by atoms with E-state index in [1.165, 1.54) is 12.3 Å². The largest absolute Gasteiger partial charge is 0.351 e. The first kappa shape index (κ1) is 17.9. The van der Waals surface area contributed by atoms with Gasteiger partial charge >= 0.3 is 5.69 Å². The number of ether oxygens (including phenoxy) is 1. The van der Waals surface area contributed by atoms with Crippen LogP contribution in [-0.4, -0.2) is 21.8 Å². The summed E-state index contributed by atoms with van der Waals surface area (Å²) in [7, 11) is 0. The van der Waals surface area contributed by atoms with Crippen LogP contribution in [0.25, 0.3) is 0 Å². The third-order valence-electron chi connectivity index (χ3n) is 4.29. The first-order valence-electron chi connectivity index (χ1n) is 8.01. The Bertz CT molecular complexity index is 638. The van der Waals surface area contributed by atoms with Crippen molar-refractivity contribution in [2.75, 3.05) is 0 Å². The van der Waals surface area contributed by atoms with Gasteiger partial charge in [-0.15, -0.1) is 0 Å². The van der Waals surface area contributed by atoms with Crippen LogP contribution in [0, 0.1) is 16.7 Å². The van der Waals surface area contributed by atoms with Crippen molar-refractivity contribution >= 4 is 0 Å². The molecule has 1 N–H and O–H groups in total. The number of aromatic amines is 1. The standard InChI is InChI=1S/C17H27FN2O3/c1-16(2,3)9-10-12(17(4,5)6)13(18)14(23-10)20-11(21)7-8-19-15(20)22/h7-8,10,12-14H,9H2,1-6H3,(H,19,22)/t10-,12?,13+,14-/m1/s1. The lowest BCUT2D eigenvalue weighted by Crippen LogP contribution is -2.41. The Balaban J connectivity index is 2.45. The molecule has 1 fully saturated rings. The van der Waals surface area contributed by atoms with Gasteiger partial charge in [0.15, 0.2) is 12.4 Å².